The summed E-state index contributed by atoms with van der Waals surface area (Å²) in [6.07, 6.45) is 5.63. The maximum atomic E-state index is 13.9. The second-order valence-electron chi connectivity index (χ2n) is 21.5. The number of thiocarbonyl (C=S) groups is 2. The fourth-order valence-corrected chi connectivity index (χ4v) is 11.4. The van der Waals surface area contributed by atoms with Crippen LogP contribution in [0, 0.1) is 0 Å². The molecule has 4 heterocycles. The summed E-state index contributed by atoms with van der Waals surface area (Å²) in [6.45, 7) is 20.5. The Morgan fingerprint density at radius 2 is 0.803 bits per heavy atom. The molecule has 66 heavy (non-hydrogen) atoms. The van der Waals surface area contributed by atoms with E-state index >= 15 is 0 Å². The van der Waals surface area contributed by atoms with Crippen LogP contribution in [0.2, 0.25) is 0 Å². The fraction of sp³-hybridized carbons (Fsp3) is 0.667. The van der Waals surface area contributed by atoms with Crippen LogP contribution in [0.25, 0.3) is 10.8 Å². The molecule has 0 aliphatic carbocycles. The van der Waals surface area contributed by atoms with Crippen molar-refractivity contribution in [1.29, 1.82) is 0 Å². The molecule has 4 aliphatic rings. The van der Waals surface area contributed by atoms with E-state index in [9.17, 15) is 29.6 Å². The maximum Gasteiger partial charge on any atom is 0.261 e. The summed E-state index contributed by atoms with van der Waals surface area (Å²) in [6, 6.07) is 6.68. The summed E-state index contributed by atoms with van der Waals surface area (Å²) < 4.78 is 0. The molecule has 16 nitrogen and oxygen atoms in total. The number of hydrogen-bond acceptors (Lipinski definition) is 10. The number of piperidine rings is 2. The Morgan fingerprint density at radius 3 is 1.09 bits per heavy atom. The van der Waals surface area contributed by atoms with Gasteiger partial charge in [-0.1, -0.05) is 0 Å². The smallest absolute Gasteiger partial charge is 0.261 e. The molecule has 18 heteroatoms. The van der Waals surface area contributed by atoms with Gasteiger partial charge in [0.1, 0.15) is 0 Å². The average molecular weight is 949 g/mol. The Labute approximate surface area is 402 Å². The second-order valence-corrected chi connectivity index (χ2v) is 22.3. The summed E-state index contributed by atoms with van der Waals surface area (Å²) in [5.41, 5.74) is -0.643. The van der Waals surface area contributed by atoms with Crippen molar-refractivity contribution in [2.24, 2.45) is 0 Å². The number of rotatable bonds is 18. The van der Waals surface area contributed by atoms with Crippen LogP contribution in [0.4, 0.5) is 0 Å². The van der Waals surface area contributed by atoms with Gasteiger partial charge in [-0.25, -0.2) is 0 Å². The Morgan fingerprint density at radius 1 is 0.530 bits per heavy atom. The van der Waals surface area contributed by atoms with E-state index in [2.05, 4.69) is 31.1 Å². The lowest BCUT2D eigenvalue weighted by Crippen LogP contribution is -2.63. The predicted molar refractivity (Wildman–Crippen MR) is 263 cm³/mol. The van der Waals surface area contributed by atoms with E-state index in [1.165, 1.54) is 19.9 Å². The number of carbonyl (C=O) groups is 4. The fourth-order valence-electron chi connectivity index (χ4n) is 10.9. The highest BCUT2D eigenvalue weighted by molar-refractivity contribution is 7.80. The van der Waals surface area contributed by atoms with Crippen molar-refractivity contribution in [3.63, 3.8) is 0 Å². The SMILES string of the molecule is CN(CCCNC(=S)NC1CC(C)(C)N([O])C(C)(C)C1)CCCN1C(=O)c2ccc3c4c(ccc(c24)C1=O)C(=O)N(CCCN(C)CCCNC(=S)NC1CC(C)(C)N([O])C(C)(C)C1)C3=O. The van der Waals surface area contributed by atoms with Gasteiger partial charge in [0.25, 0.3) is 23.6 Å². The third-order valence-electron chi connectivity index (χ3n) is 13.8. The summed E-state index contributed by atoms with van der Waals surface area (Å²) in [4.78, 5) is 62.3. The lowest BCUT2D eigenvalue weighted by molar-refractivity contribution is -0.289. The molecule has 0 unspecified atom stereocenters. The molecule has 4 N–H and O–H groups in total. The lowest BCUT2D eigenvalue weighted by atomic mass is 9.79. The first-order valence-electron chi connectivity index (χ1n) is 23.6. The van der Waals surface area contributed by atoms with Gasteiger partial charge in [0.15, 0.2) is 10.2 Å². The number of hydroxylamine groups is 4. The molecule has 0 aromatic heterocycles. The number of benzene rings is 2. The van der Waals surface area contributed by atoms with E-state index in [0.717, 1.165) is 25.9 Å². The van der Waals surface area contributed by atoms with Crippen molar-refractivity contribution >= 4 is 69.1 Å². The molecule has 2 aromatic rings. The molecule has 0 spiro atoms. The predicted octanol–water partition coefficient (Wildman–Crippen LogP) is 5.12. The zero-order valence-corrected chi connectivity index (χ0v) is 42.4. The third-order valence-corrected chi connectivity index (χ3v) is 14.3. The van der Waals surface area contributed by atoms with Gasteiger partial charge in [0, 0.05) is 93.4 Å². The summed E-state index contributed by atoms with van der Waals surface area (Å²) >= 11 is 11.1. The van der Waals surface area contributed by atoms with Gasteiger partial charge in [-0.15, -0.1) is 20.5 Å². The minimum atomic E-state index is -0.479. The Hall–Kier alpha value is -3.88. The standard InChI is InChI=1S/C48H72N10O6S2/c1-45(2)27-31(28-46(3,4)57(45)63)51-43(65)49-19-11-21-53(9)23-13-25-55-39(59)33-15-17-35-38-36(18-16-34(37(33)38)40(55)60)42(62)56(41(35)61)26-14-24-54(10)22-12-20-50-44(66)52-32-29-47(5,6)58(64)48(7,8)30-32/h15-18,31-32H,11-14,19-30H2,1-10H3,(H2,49,51,65)(H2,50,52,66). The maximum absolute atomic E-state index is 13.9. The van der Waals surface area contributed by atoms with Crippen LogP contribution < -0.4 is 21.3 Å². The first-order chi connectivity index (χ1) is 30.8. The van der Waals surface area contributed by atoms with Crippen LogP contribution in [0.5, 0.6) is 0 Å². The highest BCUT2D eigenvalue weighted by atomic mass is 32.1. The van der Waals surface area contributed by atoms with Crippen molar-refractivity contribution in [1.82, 2.24) is 51.0 Å². The molecule has 2 saturated heterocycles. The molecule has 362 valence electrons. The van der Waals surface area contributed by atoms with Gasteiger partial charge in [-0.3, -0.25) is 29.0 Å². The third kappa shape index (κ3) is 11.3. The van der Waals surface area contributed by atoms with Gasteiger partial charge in [-0.05, 0) is 196 Å². The molecule has 0 bridgehead atoms. The van der Waals surface area contributed by atoms with Crippen LogP contribution in [0.1, 0.15) is 148 Å². The summed E-state index contributed by atoms with van der Waals surface area (Å²) in [5, 5.41) is 43.1. The molecular weight excluding hydrogens is 877 g/mol. The van der Waals surface area contributed by atoms with E-state index in [1.807, 2.05) is 69.5 Å². The Balaban J connectivity index is 0.922. The molecule has 2 fully saturated rings. The zero-order chi connectivity index (χ0) is 48.5. The lowest BCUT2D eigenvalue weighted by Gasteiger charge is -2.50. The molecule has 2 aromatic carbocycles. The number of hydrogen-bond donors (Lipinski definition) is 4. The first-order valence-corrected chi connectivity index (χ1v) is 24.4. The minimum Gasteiger partial charge on any atom is -0.363 e. The van der Waals surface area contributed by atoms with Crippen molar-refractivity contribution in [3.8, 4) is 0 Å². The van der Waals surface area contributed by atoms with E-state index in [-0.39, 0.29) is 25.2 Å². The highest BCUT2D eigenvalue weighted by Crippen LogP contribution is 2.40. The quantitative estimate of drug-likeness (QED) is 0.0881. The summed E-state index contributed by atoms with van der Waals surface area (Å²) in [7, 11) is 4.01. The van der Waals surface area contributed by atoms with E-state index < -0.39 is 45.8 Å². The van der Waals surface area contributed by atoms with Crippen LogP contribution in [-0.4, -0.2) is 164 Å². The van der Waals surface area contributed by atoms with Crippen molar-refractivity contribution in [2.75, 3.05) is 66.5 Å². The van der Waals surface area contributed by atoms with Gasteiger partial charge in [0.05, 0.1) is 0 Å². The first kappa shape index (κ1) is 51.5. The van der Waals surface area contributed by atoms with Crippen molar-refractivity contribution in [3.05, 3.63) is 46.5 Å². The van der Waals surface area contributed by atoms with E-state index in [4.69, 9.17) is 24.4 Å². The number of nitrogens with zero attached hydrogens (tertiary/aromatic N) is 6. The van der Waals surface area contributed by atoms with Crippen LogP contribution in [0.15, 0.2) is 24.3 Å². The normalized spacial score (nSPS) is 20.7. The Bertz CT molecular complexity index is 1940. The van der Waals surface area contributed by atoms with Gasteiger partial charge in [0.2, 0.25) is 0 Å². The number of nitrogens with one attached hydrogen (secondary N) is 4. The molecule has 4 aliphatic heterocycles. The molecule has 6 rings (SSSR count). The van der Waals surface area contributed by atoms with Gasteiger partial charge < -0.3 is 31.1 Å². The topological polar surface area (TPSA) is 176 Å². The number of imide groups is 2. The van der Waals surface area contributed by atoms with Crippen LogP contribution in [0.3, 0.4) is 0 Å². The largest absolute Gasteiger partial charge is 0.363 e. The van der Waals surface area contributed by atoms with Gasteiger partial charge in [-0.2, -0.15) is 0 Å². The van der Waals surface area contributed by atoms with Crippen LogP contribution in [-0.2, 0) is 10.4 Å². The van der Waals surface area contributed by atoms with Crippen molar-refractivity contribution in [2.45, 2.75) is 141 Å². The molecular formula is C48H72N10O6S2. The molecule has 4 amide bonds. The monoisotopic (exact) mass is 949 g/mol. The second kappa shape index (κ2) is 20.4. The summed E-state index contributed by atoms with van der Waals surface area (Å²) in [5.74, 6) is -1.71. The van der Waals surface area contributed by atoms with Gasteiger partial charge >= 0.3 is 0 Å². The molecule has 0 saturated carbocycles. The minimum absolute atomic E-state index is 0.108. The number of amides is 4. The average Bonchev–Trinajstić information content (AvgIpc) is 3.22. The molecule has 0 atom stereocenters. The van der Waals surface area contributed by atoms with Crippen LogP contribution >= 0.6 is 24.4 Å². The Kier molecular flexibility index (Phi) is 15.9. The number of carbonyl (C=O) groups excluding carboxylic acids is 4. The zero-order valence-electron chi connectivity index (χ0n) is 40.7. The van der Waals surface area contributed by atoms with E-state index in [1.54, 1.807) is 24.3 Å². The highest BCUT2D eigenvalue weighted by Gasteiger charge is 2.48. The van der Waals surface area contributed by atoms with E-state index in [0.29, 0.717) is 108 Å². The molecule has 2 radical (unpaired) electrons. The van der Waals surface area contributed by atoms with Crippen molar-refractivity contribution < 1.29 is 29.6 Å².